The van der Waals surface area contributed by atoms with Gasteiger partial charge >= 0.3 is 0 Å². The molecule has 0 fully saturated rings. The average molecular weight is 397 g/mol. The van der Waals surface area contributed by atoms with E-state index in [0.29, 0.717) is 5.56 Å². The zero-order chi connectivity index (χ0) is 21.0. The Morgan fingerprint density at radius 3 is 1.80 bits per heavy atom. The summed E-state index contributed by atoms with van der Waals surface area (Å²) in [6, 6.07) is 23.6. The van der Waals surface area contributed by atoms with Crippen LogP contribution in [-0.4, -0.2) is 4.98 Å². The molecule has 0 atom stereocenters. The number of nitrogens with zero attached hydrogens (tertiary/aromatic N) is 2. The van der Waals surface area contributed by atoms with Gasteiger partial charge in [0.1, 0.15) is 6.07 Å². The Morgan fingerprint density at radius 2 is 1.23 bits per heavy atom. The van der Waals surface area contributed by atoms with Gasteiger partial charge < -0.3 is 0 Å². The summed E-state index contributed by atoms with van der Waals surface area (Å²) in [6.07, 6.45) is 13.1. The normalized spacial score (nSPS) is 10.7. The van der Waals surface area contributed by atoms with Crippen molar-refractivity contribution >= 4 is 0 Å². The van der Waals surface area contributed by atoms with Gasteiger partial charge in [-0.15, -0.1) is 0 Å². The zero-order valence-corrected chi connectivity index (χ0v) is 18.1. The van der Waals surface area contributed by atoms with Gasteiger partial charge in [-0.2, -0.15) is 5.26 Å². The molecule has 0 aliphatic rings. The van der Waals surface area contributed by atoms with Crippen LogP contribution < -0.4 is 0 Å². The molecule has 1 aromatic heterocycles. The Kier molecular flexibility index (Phi) is 8.66. The second-order valence-corrected chi connectivity index (χ2v) is 8.08. The molecular weight excluding hydrogens is 364 g/mol. The topological polar surface area (TPSA) is 36.7 Å². The van der Waals surface area contributed by atoms with E-state index >= 15 is 0 Å². The SMILES string of the molecule is CCCCCCCCc1ccc(CCc2ccc(-c3ccc(C#N)cn3)cc2)cc1. The number of aryl methyl sites for hydroxylation is 3. The Bertz CT molecular complexity index is 916. The number of aromatic nitrogens is 1. The summed E-state index contributed by atoms with van der Waals surface area (Å²) in [4.78, 5) is 4.37. The highest BCUT2D eigenvalue weighted by atomic mass is 14.7. The summed E-state index contributed by atoms with van der Waals surface area (Å²) >= 11 is 0. The molecule has 0 unspecified atom stereocenters. The molecule has 2 nitrogen and oxygen atoms in total. The van der Waals surface area contributed by atoms with E-state index in [-0.39, 0.29) is 0 Å². The maximum absolute atomic E-state index is 8.89. The van der Waals surface area contributed by atoms with Crippen molar-refractivity contribution in [2.45, 2.75) is 64.7 Å². The highest BCUT2D eigenvalue weighted by Gasteiger charge is 2.02. The van der Waals surface area contributed by atoms with Crippen LogP contribution in [0.5, 0.6) is 0 Å². The highest BCUT2D eigenvalue weighted by molar-refractivity contribution is 5.59. The molecule has 0 aliphatic heterocycles. The Balaban J connectivity index is 1.44. The molecule has 3 rings (SSSR count). The smallest absolute Gasteiger partial charge is 0.101 e. The van der Waals surface area contributed by atoms with Crippen LogP contribution in [0.4, 0.5) is 0 Å². The minimum atomic E-state index is 0.591. The predicted molar refractivity (Wildman–Crippen MR) is 125 cm³/mol. The van der Waals surface area contributed by atoms with Gasteiger partial charge in [-0.25, -0.2) is 0 Å². The minimum absolute atomic E-state index is 0.591. The number of rotatable bonds is 11. The first-order valence-corrected chi connectivity index (χ1v) is 11.3. The van der Waals surface area contributed by atoms with E-state index in [0.717, 1.165) is 24.1 Å². The monoisotopic (exact) mass is 396 g/mol. The Hall–Kier alpha value is -2.92. The van der Waals surface area contributed by atoms with Crippen LogP contribution in [-0.2, 0) is 19.3 Å². The van der Waals surface area contributed by atoms with Crippen molar-refractivity contribution in [3.05, 3.63) is 89.1 Å². The number of nitriles is 1. The van der Waals surface area contributed by atoms with Gasteiger partial charge in [-0.05, 0) is 54.5 Å². The maximum atomic E-state index is 8.89. The number of benzene rings is 2. The number of hydrogen-bond donors (Lipinski definition) is 0. The first-order chi connectivity index (χ1) is 14.8. The minimum Gasteiger partial charge on any atom is -0.255 e. The second-order valence-electron chi connectivity index (χ2n) is 8.08. The summed E-state index contributed by atoms with van der Waals surface area (Å²) < 4.78 is 0. The van der Waals surface area contributed by atoms with Crippen molar-refractivity contribution in [1.29, 1.82) is 5.26 Å². The summed E-state index contributed by atoms with van der Waals surface area (Å²) in [5.41, 5.74) is 6.79. The quantitative estimate of drug-likeness (QED) is 0.319. The summed E-state index contributed by atoms with van der Waals surface area (Å²) in [7, 11) is 0. The second kappa shape index (κ2) is 11.9. The third-order valence-corrected chi connectivity index (χ3v) is 5.69. The van der Waals surface area contributed by atoms with Crippen molar-refractivity contribution in [1.82, 2.24) is 4.98 Å². The highest BCUT2D eigenvalue weighted by Crippen LogP contribution is 2.19. The lowest BCUT2D eigenvalue weighted by Gasteiger charge is -2.06. The molecule has 0 amide bonds. The average Bonchev–Trinajstić information content (AvgIpc) is 2.81. The fraction of sp³-hybridized carbons (Fsp3) is 0.357. The van der Waals surface area contributed by atoms with Gasteiger partial charge in [-0.3, -0.25) is 4.98 Å². The number of unbranched alkanes of at least 4 members (excludes halogenated alkanes) is 5. The van der Waals surface area contributed by atoms with Gasteiger partial charge in [0.05, 0.1) is 11.3 Å². The van der Waals surface area contributed by atoms with Crippen LogP contribution in [0.1, 0.15) is 67.7 Å². The van der Waals surface area contributed by atoms with Crippen LogP contribution in [0.2, 0.25) is 0 Å². The van der Waals surface area contributed by atoms with Crippen molar-refractivity contribution in [2.24, 2.45) is 0 Å². The molecule has 0 radical (unpaired) electrons. The third kappa shape index (κ3) is 6.85. The van der Waals surface area contributed by atoms with Crippen molar-refractivity contribution in [3.63, 3.8) is 0 Å². The molecule has 1 heterocycles. The fourth-order valence-electron chi connectivity index (χ4n) is 3.74. The summed E-state index contributed by atoms with van der Waals surface area (Å²) in [6.45, 7) is 2.27. The van der Waals surface area contributed by atoms with E-state index in [1.54, 1.807) is 6.20 Å². The van der Waals surface area contributed by atoms with Crippen LogP contribution in [0, 0.1) is 11.3 Å². The summed E-state index contributed by atoms with van der Waals surface area (Å²) in [5.74, 6) is 0. The van der Waals surface area contributed by atoms with Crippen LogP contribution in [0.25, 0.3) is 11.3 Å². The summed E-state index contributed by atoms with van der Waals surface area (Å²) in [5, 5.41) is 8.89. The largest absolute Gasteiger partial charge is 0.255 e. The van der Waals surface area contributed by atoms with Crippen molar-refractivity contribution in [2.75, 3.05) is 0 Å². The molecule has 0 saturated carbocycles. The molecule has 0 aliphatic carbocycles. The van der Waals surface area contributed by atoms with Gasteiger partial charge in [0, 0.05) is 11.8 Å². The van der Waals surface area contributed by atoms with Crippen LogP contribution in [0.3, 0.4) is 0 Å². The van der Waals surface area contributed by atoms with E-state index in [1.807, 2.05) is 12.1 Å². The molecule has 0 bridgehead atoms. The fourth-order valence-corrected chi connectivity index (χ4v) is 3.74. The van der Waals surface area contributed by atoms with Crippen LogP contribution >= 0.6 is 0 Å². The predicted octanol–water partition coefficient (Wildman–Crippen LogP) is 7.31. The molecule has 0 saturated heterocycles. The molecule has 2 heteroatoms. The third-order valence-electron chi connectivity index (χ3n) is 5.69. The van der Waals surface area contributed by atoms with Crippen molar-refractivity contribution < 1.29 is 0 Å². The lowest BCUT2D eigenvalue weighted by molar-refractivity contribution is 0.607. The zero-order valence-electron chi connectivity index (χ0n) is 18.1. The molecule has 0 spiro atoms. The lowest BCUT2D eigenvalue weighted by Crippen LogP contribution is -1.93. The first kappa shape index (κ1) is 21.8. The standard InChI is InChI=1S/C28H32N2/c1-2-3-4-5-6-7-8-23-9-11-24(12-10-23)13-14-25-15-18-27(19-16-25)28-20-17-26(21-29)22-30-28/h9-12,15-20,22H,2-8,13-14H2,1H3. The van der Waals surface area contributed by atoms with Crippen molar-refractivity contribution in [3.8, 4) is 17.3 Å². The van der Waals surface area contributed by atoms with Crippen LogP contribution in [0.15, 0.2) is 66.9 Å². The number of hydrogen-bond acceptors (Lipinski definition) is 2. The van der Waals surface area contributed by atoms with E-state index < -0.39 is 0 Å². The first-order valence-electron chi connectivity index (χ1n) is 11.3. The maximum Gasteiger partial charge on any atom is 0.101 e. The molecule has 30 heavy (non-hydrogen) atoms. The lowest BCUT2D eigenvalue weighted by atomic mass is 10.00. The van der Waals surface area contributed by atoms with Gasteiger partial charge in [-0.1, -0.05) is 87.6 Å². The van der Waals surface area contributed by atoms with E-state index in [2.05, 4.69) is 66.5 Å². The van der Waals surface area contributed by atoms with Gasteiger partial charge in [0.2, 0.25) is 0 Å². The Morgan fingerprint density at radius 1 is 0.667 bits per heavy atom. The van der Waals surface area contributed by atoms with E-state index in [9.17, 15) is 0 Å². The number of pyridine rings is 1. The molecule has 0 N–H and O–H groups in total. The van der Waals surface area contributed by atoms with E-state index in [4.69, 9.17) is 5.26 Å². The Labute approximate surface area is 181 Å². The molecule has 2 aromatic carbocycles. The van der Waals surface area contributed by atoms with Gasteiger partial charge in [0.25, 0.3) is 0 Å². The van der Waals surface area contributed by atoms with Gasteiger partial charge in [0.15, 0.2) is 0 Å². The molecule has 3 aromatic rings. The molecule has 154 valence electrons. The van der Waals surface area contributed by atoms with E-state index in [1.165, 1.54) is 61.6 Å². The molecular formula is C28H32N2.